The highest BCUT2D eigenvalue weighted by atomic mass is 16.1. The number of hydrogen-bond acceptors (Lipinski definition) is 4. The first-order chi connectivity index (χ1) is 11.9. The summed E-state index contributed by atoms with van der Waals surface area (Å²) in [5.41, 5.74) is 7.26. The fraction of sp³-hybridized carbons (Fsp3) is 0.474. The van der Waals surface area contributed by atoms with Crippen molar-refractivity contribution in [2.24, 2.45) is 17.1 Å². The minimum atomic E-state index is -0.442. The molecule has 0 bridgehead atoms. The summed E-state index contributed by atoms with van der Waals surface area (Å²) < 4.78 is 1.84. The number of aromatic nitrogens is 2. The van der Waals surface area contributed by atoms with E-state index >= 15 is 0 Å². The van der Waals surface area contributed by atoms with Gasteiger partial charge in [0.15, 0.2) is 0 Å². The van der Waals surface area contributed by atoms with Crippen LogP contribution in [0.2, 0.25) is 0 Å². The molecule has 0 unspecified atom stereocenters. The van der Waals surface area contributed by atoms with Crippen LogP contribution < -0.4 is 16.4 Å². The lowest BCUT2D eigenvalue weighted by atomic mass is 9.82. The molecule has 2 atom stereocenters. The molecule has 6 nitrogen and oxygen atoms in total. The number of nitrogens with one attached hydrogen (secondary N) is 2. The number of anilines is 1. The first-order valence-corrected chi connectivity index (χ1v) is 8.74. The predicted molar refractivity (Wildman–Crippen MR) is 99.4 cm³/mol. The monoisotopic (exact) mass is 341 g/mol. The van der Waals surface area contributed by atoms with Gasteiger partial charge in [-0.15, -0.1) is 0 Å². The van der Waals surface area contributed by atoms with E-state index in [2.05, 4.69) is 60.8 Å². The van der Waals surface area contributed by atoms with Crippen LogP contribution in [0.5, 0.6) is 0 Å². The molecule has 0 spiro atoms. The molecule has 0 aliphatic carbocycles. The lowest BCUT2D eigenvalue weighted by molar-refractivity contribution is 0.100. The number of amides is 1. The van der Waals surface area contributed by atoms with Gasteiger partial charge in [-0.2, -0.15) is 5.10 Å². The van der Waals surface area contributed by atoms with Crippen LogP contribution >= 0.6 is 0 Å². The van der Waals surface area contributed by atoms with Gasteiger partial charge in [-0.05, 0) is 11.0 Å². The van der Waals surface area contributed by atoms with E-state index in [1.165, 1.54) is 5.56 Å². The molecule has 1 aliphatic heterocycles. The van der Waals surface area contributed by atoms with Gasteiger partial charge in [-0.1, -0.05) is 51.1 Å². The summed E-state index contributed by atoms with van der Waals surface area (Å²) in [5.74, 6) is 0.683. The molecule has 4 N–H and O–H groups in total. The van der Waals surface area contributed by atoms with Crippen molar-refractivity contribution in [3.05, 3.63) is 47.7 Å². The lowest BCUT2D eigenvalue weighted by Crippen LogP contribution is -2.40. The SMILES string of the molecule is CC(C)(C)[C@@H](NC[C@@H]1CNc2c(C(N)=O)cnn2C1)c1ccccc1. The van der Waals surface area contributed by atoms with Gasteiger partial charge in [0.25, 0.3) is 5.91 Å². The van der Waals surface area contributed by atoms with Crippen molar-refractivity contribution in [3.8, 4) is 0 Å². The van der Waals surface area contributed by atoms with E-state index in [4.69, 9.17) is 5.73 Å². The zero-order valence-electron chi connectivity index (χ0n) is 15.1. The largest absolute Gasteiger partial charge is 0.369 e. The van der Waals surface area contributed by atoms with E-state index in [1.807, 2.05) is 10.7 Å². The number of fused-ring (bicyclic) bond motifs is 1. The Hall–Kier alpha value is -2.34. The van der Waals surface area contributed by atoms with Crippen molar-refractivity contribution in [1.29, 1.82) is 0 Å². The summed E-state index contributed by atoms with van der Waals surface area (Å²) in [6.07, 6.45) is 1.54. The van der Waals surface area contributed by atoms with E-state index in [9.17, 15) is 4.79 Å². The van der Waals surface area contributed by atoms with Crippen molar-refractivity contribution >= 4 is 11.7 Å². The Morgan fingerprint density at radius 3 is 2.76 bits per heavy atom. The number of nitrogens with zero attached hydrogens (tertiary/aromatic N) is 2. The minimum absolute atomic E-state index is 0.111. The van der Waals surface area contributed by atoms with E-state index in [0.29, 0.717) is 11.5 Å². The van der Waals surface area contributed by atoms with Crippen LogP contribution in [-0.4, -0.2) is 28.8 Å². The highest BCUT2D eigenvalue weighted by Gasteiger charge is 2.28. The quantitative estimate of drug-likeness (QED) is 0.779. The number of nitrogens with two attached hydrogens (primary N) is 1. The zero-order chi connectivity index (χ0) is 18.0. The van der Waals surface area contributed by atoms with Crippen molar-refractivity contribution in [3.63, 3.8) is 0 Å². The van der Waals surface area contributed by atoms with Gasteiger partial charge in [0.2, 0.25) is 0 Å². The fourth-order valence-corrected chi connectivity index (χ4v) is 3.43. The summed E-state index contributed by atoms with van der Waals surface area (Å²) >= 11 is 0. The maximum Gasteiger partial charge on any atom is 0.254 e. The average Bonchev–Trinajstić information content (AvgIpc) is 2.98. The smallest absolute Gasteiger partial charge is 0.254 e. The molecule has 2 aromatic rings. The van der Waals surface area contributed by atoms with Crippen LogP contribution in [0, 0.1) is 11.3 Å². The lowest BCUT2D eigenvalue weighted by Gasteiger charge is -2.34. The Balaban J connectivity index is 1.67. The summed E-state index contributed by atoms with van der Waals surface area (Å²) in [5, 5.41) is 11.3. The second kappa shape index (κ2) is 6.88. The number of rotatable bonds is 5. The Kier molecular flexibility index (Phi) is 4.81. The molecule has 3 rings (SSSR count). The first kappa shape index (κ1) is 17.5. The minimum Gasteiger partial charge on any atom is -0.369 e. The van der Waals surface area contributed by atoms with E-state index in [-0.39, 0.29) is 11.5 Å². The molecule has 1 aromatic heterocycles. The Morgan fingerprint density at radius 2 is 2.12 bits per heavy atom. The Morgan fingerprint density at radius 1 is 1.40 bits per heavy atom. The van der Waals surface area contributed by atoms with E-state index < -0.39 is 5.91 Å². The molecule has 1 aliphatic rings. The van der Waals surface area contributed by atoms with Gasteiger partial charge in [0.05, 0.1) is 6.20 Å². The van der Waals surface area contributed by atoms with Crippen LogP contribution in [0.1, 0.15) is 42.7 Å². The third-order valence-corrected chi connectivity index (χ3v) is 4.70. The van der Waals surface area contributed by atoms with E-state index in [1.54, 1.807) is 6.20 Å². The highest BCUT2D eigenvalue weighted by molar-refractivity contribution is 5.97. The molecule has 0 radical (unpaired) electrons. The topological polar surface area (TPSA) is 85.0 Å². The van der Waals surface area contributed by atoms with Crippen LogP contribution in [0.4, 0.5) is 5.82 Å². The van der Waals surface area contributed by atoms with Gasteiger partial charge in [0, 0.05) is 31.6 Å². The average molecular weight is 341 g/mol. The molecular formula is C19H27N5O. The molecule has 1 aromatic carbocycles. The number of hydrogen-bond donors (Lipinski definition) is 3. The molecule has 0 fully saturated rings. The van der Waals surface area contributed by atoms with Crippen molar-refractivity contribution < 1.29 is 4.79 Å². The predicted octanol–water partition coefficient (Wildman–Crippen LogP) is 2.40. The summed E-state index contributed by atoms with van der Waals surface area (Å²) in [4.78, 5) is 11.4. The maximum atomic E-state index is 11.4. The Labute approximate surface area is 148 Å². The third kappa shape index (κ3) is 3.85. The van der Waals surface area contributed by atoms with Gasteiger partial charge < -0.3 is 16.4 Å². The maximum absolute atomic E-state index is 11.4. The Bertz CT molecular complexity index is 732. The summed E-state index contributed by atoms with van der Waals surface area (Å²) in [6.45, 7) is 9.19. The van der Waals surface area contributed by atoms with E-state index in [0.717, 1.165) is 25.5 Å². The number of benzene rings is 1. The van der Waals surface area contributed by atoms with Crippen molar-refractivity contribution in [1.82, 2.24) is 15.1 Å². The molecule has 6 heteroatoms. The van der Waals surface area contributed by atoms with Crippen LogP contribution in [0.25, 0.3) is 0 Å². The van der Waals surface area contributed by atoms with Crippen LogP contribution in [0.15, 0.2) is 36.5 Å². The number of carbonyl (C=O) groups is 1. The summed E-state index contributed by atoms with van der Waals surface area (Å²) in [6, 6.07) is 10.8. The standard InChI is InChI=1S/C19H27N5O/c1-19(2,3)16(14-7-5-4-6-8-14)21-9-13-10-22-18-15(17(20)25)11-23-24(18)12-13/h4-8,11,13,16,21-22H,9-10,12H2,1-3H3,(H2,20,25)/t13-,16+/m1/s1. The molecule has 0 saturated heterocycles. The highest BCUT2D eigenvalue weighted by Crippen LogP contribution is 2.33. The first-order valence-electron chi connectivity index (χ1n) is 8.74. The van der Waals surface area contributed by atoms with Gasteiger partial charge in [0.1, 0.15) is 11.4 Å². The van der Waals surface area contributed by atoms with Gasteiger partial charge in [-0.25, -0.2) is 4.68 Å². The second-order valence-electron chi connectivity index (χ2n) is 7.82. The fourth-order valence-electron chi connectivity index (χ4n) is 3.43. The van der Waals surface area contributed by atoms with Crippen LogP contribution in [-0.2, 0) is 6.54 Å². The second-order valence-corrected chi connectivity index (χ2v) is 7.82. The van der Waals surface area contributed by atoms with Crippen molar-refractivity contribution in [2.75, 3.05) is 18.4 Å². The molecule has 25 heavy (non-hydrogen) atoms. The number of primary amides is 1. The molecule has 2 heterocycles. The van der Waals surface area contributed by atoms with Gasteiger partial charge >= 0.3 is 0 Å². The zero-order valence-corrected chi connectivity index (χ0v) is 15.1. The summed E-state index contributed by atoms with van der Waals surface area (Å²) in [7, 11) is 0. The molecular weight excluding hydrogens is 314 g/mol. The molecule has 1 amide bonds. The molecule has 0 saturated carbocycles. The number of carbonyl (C=O) groups excluding carboxylic acids is 1. The van der Waals surface area contributed by atoms with Gasteiger partial charge in [-0.3, -0.25) is 4.79 Å². The normalized spacial score (nSPS) is 18.3. The molecule has 134 valence electrons. The van der Waals surface area contributed by atoms with Crippen molar-refractivity contribution in [2.45, 2.75) is 33.4 Å². The van der Waals surface area contributed by atoms with Crippen LogP contribution in [0.3, 0.4) is 0 Å². The third-order valence-electron chi connectivity index (χ3n) is 4.70.